The molecule has 0 aromatic heterocycles. The second kappa shape index (κ2) is 8.54. The third kappa shape index (κ3) is 4.38. The highest BCUT2D eigenvalue weighted by atomic mass is 16.5. The SMILES string of the molecule is [2H]C([2H])([2H])C(=O)OC(c1ccccc1)C1C(=O)N(C)CC1C#CCCCC. The van der Waals surface area contributed by atoms with Crippen LogP contribution in [0.2, 0.25) is 0 Å². The van der Waals surface area contributed by atoms with Gasteiger partial charge in [-0.05, 0) is 12.0 Å². The van der Waals surface area contributed by atoms with Gasteiger partial charge in [0.05, 0.1) is 11.8 Å². The Morgan fingerprint density at radius 3 is 2.88 bits per heavy atom. The van der Waals surface area contributed by atoms with Crippen molar-refractivity contribution in [1.82, 2.24) is 4.90 Å². The maximum absolute atomic E-state index is 12.8. The van der Waals surface area contributed by atoms with Crippen LogP contribution < -0.4 is 0 Å². The molecule has 3 unspecified atom stereocenters. The predicted octanol–water partition coefficient (Wildman–Crippen LogP) is 3.19. The molecule has 1 aliphatic heterocycles. The molecular weight excluding hydrogens is 302 g/mol. The van der Waals surface area contributed by atoms with Gasteiger partial charge in [0.25, 0.3) is 0 Å². The summed E-state index contributed by atoms with van der Waals surface area (Å²) in [6.45, 7) is -0.378. The zero-order valence-corrected chi connectivity index (χ0v) is 14.1. The maximum atomic E-state index is 12.8. The minimum atomic E-state index is -2.89. The lowest BCUT2D eigenvalue weighted by atomic mass is 9.86. The lowest BCUT2D eigenvalue weighted by Crippen LogP contribution is -2.29. The number of amides is 1. The lowest BCUT2D eigenvalue weighted by molar-refractivity contribution is -0.152. The van der Waals surface area contributed by atoms with Crippen LogP contribution in [0, 0.1) is 23.7 Å². The second-order valence-corrected chi connectivity index (χ2v) is 6.01. The maximum Gasteiger partial charge on any atom is 0.303 e. The van der Waals surface area contributed by atoms with Gasteiger partial charge < -0.3 is 9.64 Å². The van der Waals surface area contributed by atoms with Gasteiger partial charge in [-0.25, -0.2) is 0 Å². The molecule has 0 saturated carbocycles. The summed E-state index contributed by atoms with van der Waals surface area (Å²) in [6.07, 6.45) is 1.76. The van der Waals surface area contributed by atoms with Crippen molar-refractivity contribution >= 4 is 11.9 Å². The Balaban J connectivity index is 2.36. The normalized spacial score (nSPS) is 23.5. The summed E-state index contributed by atoms with van der Waals surface area (Å²) < 4.78 is 27.2. The third-order valence-corrected chi connectivity index (χ3v) is 4.20. The molecule has 1 saturated heterocycles. The van der Waals surface area contributed by atoms with Gasteiger partial charge in [0.2, 0.25) is 5.91 Å². The zero-order chi connectivity index (χ0) is 20.0. The number of carbonyl (C=O) groups excluding carboxylic acids is 2. The number of likely N-dealkylation sites (tertiary alicyclic amines) is 1. The topological polar surface area (TPSA) is 46.6 Å². The molecule has 1 heterocycles. The fraction of sp³-hybridized carbons (Fsp3) is 0.500. The highest BCUT2D eigenvalue weighted by Crippen LogP contribution is 2.37. The van der Waals surface area contributed by atoms with Crippen molar-refractivity contribution < 1.29 is 18.4 Å². The molecule has 1 amide bonds. The number of benzene rings is 1. The number of hydrogen-bond donors (Lipinski definition) is 0. The molecule has 24 heavy (non-hydrogen) atoms. The minimum Gasteiger partial charge on any atom is -0.457 e. The molecule has 3 atom stereocenters. The van der Waals surface area contributed by atoms with Crippen molar-refractivity contribution in [3.63, 3.8) is 0 Å². The smallest absolute Gasteiger partial charge is 0.303 e. The molecule has 2 rings (SSSR count). The van der Waals surface area contributed by atoms with Crippen molar-refractivity contribution in [3.05, 3.63) is 35.9 Å². The van der Waals surface area contributed by atoms with Crippen LogP contribution in [0.4, 0.5) is 0 Å². The van der Waals surface area contributed by atoms with E-state index in [1.54, 1.807) is 42.3 Å². The standard InChI is InChI=1S/C20H25NO3/c1-4-5-6-8-13-17-14-21(3)20(23)18(17)19(24-15(2)22)16-11-9-7-10-12-16/h7,9-12,17-19H,4-6,14H2,1-3H3/i2D3. The number of unbranched alkanes of at least 4 members (excludes halogenated alkanes) is 2. The first-order valence-electron chi connectivity index (χ1n) is 9.75. The van der Waals surface area contributed by atoms with E-state index in [0.717, 1.165) is 19.3 Å². The molecule has 1 aromatic carbocycles. The Morgan fingerprint density at radius 2 is 2.21 bits per heavy atom. The van der Waals surface area contributed by atoms with Crippen molar-refractivity contribution in [3.8, 4) is 11.8 Å². The molecule has 1 aliphatic rings. The van der Waals surface area contributed by atoms with E-state index in [-0.39, 0.29) is 11.8 Å². The van der Waals surface area contributed by atoms with E-state index < -0.39 is 24.8 Å². The lowest BCUT2D eigenvalue weighted by Gasteiger charge is -2.24. The highest BCUT2D eigenvalue weighted by Gasteiger charge is 2.45. The Labute approximate surface area is 148 Å². The van der Waals surface area contributed by atoms with E-state index in [1.165, 1.54) is 0 Å². The molecule has 0 aliphatic carbocycles. The molecule has 4 heteroatoms. The molecule has 0 bridgehead atoms. The largest absolute Gasteiger partial charge is 0.457 e. The molecule has 0 spiro atoms. The predicted molar refractivity (Wildman–Crippen MR) is 92.9 cm³/mol. The number of ether oxygens (including phenoxy) is 1. The van der Waals surface area contributed by atoms with Crippen LogP contribution in [0.15, 0.2) is 30.3 Å². The average Bonchev–Trinajstić information content (AvgIpc) is 2.90. The van der Waals surface area contributed by atoms with Crippen LogP contribution >= 0.6 is 0 Å². The minimum absolute atomic E-state index is 0.197. The third-order valence-electron chi connectivity index (χ3n) is 4.20. The first-order chi connectivity index (χ1) is 12.8. The monoisotopic (exact) mass is 330 g/mol. The fourth-order valence-corrected chi connectivity index (χ4v) is 2.98. The van der Waals surface area contributed by atoms with Crippen molar-refractivity contribution in [1.29, 1.82) is 0 Å². The van der Waals surface area contributed by atoms with E-state index in [2.05, 4.69) is 18.8 Å². The van der Waals surface area contributed by atoms with E-state index in [0.29, 0.717) is 12.1 Å². The number of nitrogens with zero attached hydrogens (tertiary/aromatic N) is 1. The first kappa shape index (κ1) is 14.1. The summed E-state index contributed by atoms with van der Waals surface area (Å²) in [5.74, 6) is 3.70. The summed E-state index contributed by atoms with van der Waals surface area (Å²) in [5, 5.41) is 0. The molecule has 4 nitrogen and oxygen atoms in total. The van der Waals surface area contributed by atoms with E-state index in [4.69, 9.17) is 8.85 Å². The molecule has 128 valence electrons. The number of carbonyl (C=O) groups is 2. The van der Waals surface area contributed by atoms with E-state index >= 15 is 0 Å². The summed E-state index contributed by atoms with van der Waals surface area (Å²) in [4.78, 5) is 26.4. The fourth-order valence-electron chi connectivity index (χ4n) is 2.98. The van der Waals surface area contributed by atoms with Crippen molar-refractivity contribution in [2.45, 2.75) is 39.1 Å². The van der Waals surface area contributed by atoms with Crippen LogP contribution in [0.3, 0.4) is 0 Å². The highest BCUT2D eigenvalue weighted by molar-refractivity contribution is 5.83. The molecule has 0 N–H and O–H groups in total. The number of esters is 1. The Bertz CT molecular complexity index is 721. The van der Waals surface area contributed by atoms with Crippen LogP contribution in [-0.2, 0) is 14.3 Å². The molecule has 0 radical (unpaired) electrons. The van der Waals surface area contributed by atoms with Crippen molar-refractivity contribution in [2.75, 3.05) is 13.6 Å². The van der Waals surface area contributed by atoms with Gasteiger partial charge in [0.1, 0.15) is 6.10 Å². The van der Waals surface area contributed by atoms with E-state index in [1.807, 2.05) is 0 Å². The Hall–Kier alpha value is -2.28. The molecular formula is C20H25NO3. The summed E-state index contributed by atoms with van der Waals surface area (Å²) in [7, 11) is 1.68. The van der Waals surface area contributed by atoms with Gasteiger partial charge in [-0.2, -0.15) is 0 Å². The Morgan fingerprint density at radius 1 is 1.46 bits per heavy atom. The van der Waals surface area contributed by atoms with Crippen molar-refractivity contribution in [2.24, 2.45) is 11.8 Å². The summed E-state index contributed by atoms with van der Waals surface area (Å²) in [6, 6.07) is 8.78. The van der Waals surface area contributed by atoms with E-state index in [9.17, 15) is 9.59 Å². The van der Waals surface area contributed by atoms with Crippen LogP contribution in [-0.4, -0.2) is 30.4 Å². The zero-order valence-electron chi connectivity index (χ0n) is 17.1. The van der Waals surface area contributed by atoms with Gasteiger partial charge in [-0.1, -0.05) is 49.6 Å². The average molecular weight is 330 g/mol. The van der Waals surface area contributed by atoms with Crippen LogP contribution in [0.5, 0.6) is 0 Å². The van der Waals surface area contributed by atoms with Gasteiger partial charge >= 0.3 is 5.97 Å². The van der Waals surface area contributed by atoms with Gasteiger partial charge in [0, 0.05) is 31.0 Å². The number of hydrogen-bond acceptors (Lipinski definition) is 3. The molecule has 1 aromatic rings. The van der Waals surface area contributed by atoms with Crippen LogP contribution in [0.1, 0.15) is 48.8 Å². The van der Waals surface area contributed by atoms with Crippen LogP contribution in [0.25, 0.3) is 0 Å². The second-order valence-electron chi connectivity index (χ2n) is 6.01. The first-order valence-corrected chi connectivity index (χ1v) is 8.25. The molecule has 1 fully saturated rings. The Kier molecular flexibility index (Phi) is 5.01. The number of rotatable bonds is 5. The summed E-state index contributed by atoms with van der Waals surface area (Å²) >= 11 is 0. The summed E-state index contributed by atoms with van der Waals surface area (Å²) in [5.41, 5.74) is 0.587. The van der Waals surface area contributed by atoms with Gasteiger partial charge in [-0.15, -0.1) is 5.92 Å². The van der Waals surface area contributed by atoms with Gasteiger partial charge in [-0.3, -0.25) is 9.59 Å². The quantitative estimate of drug-likeness (QED) is 0.473. The van der Waals surface area contributed by atoms with Gasteiger partial charge in [0.15, 0.2) is 0 Å².